The lowest BCUT2D eigenvalue weighted by atomic mass is 10.1. The zero-order chi connectivity index (χ0) is 19.8. The number of ketones is 1. The van der Waals surface area contributed by atoms with Gasteiger partial charge in [-0.05, 0) is 38.5 Å². The molecule has 0 spiro atoms. The van der Waals surface area contributed by atoms with E-state index in [4.69, 9.17) is 9.47 Å². The minimum absolute atomic E-state index is 0.0386. The van der Waals surface area contributed by atoms with Crippen LogP contribution in [-0.2, 0) is 6.54 Å². The van der Waals surface area contributed by atoms with Crippen molar-refractivity contribution in [1.82, 2.24) is 4.57 Å². The smallest absolute Gasteiger partial charge is 0.182 e. The molecule has 0 aliphatic rings. The number of carbonyl (C=O) groups excluding carboxylic acids is 1. The van der Waals surface area contributed by atoms with Gasteiger partial charge in [-0.3, -0.25) is 9.59 Å². The van der Waals surface area contributed by atoms with Gasteiger partial charge in [-0.2, -0.15) is 0 Å². The Bertz CT molecular complexity index is 812. The predicted molar refractivity (Wildman–Crippen MR) is 107 cm³/mol. The van der Waals surface area contributed by atoms with Gasteiger partial charge >= 0.3 is 0 Å². The number of pyridine rings is 1. The van der Waals surface area contributed by atoms with E-state index < -0.39 is 0 Å². The summed E-state index contributed by atoms with van der Waals surface area (Å²) in [6.45, 7) is 6.62. The van der Waals surface area contributed by atoms with Crippen molar-refractivity contribution in [2.24, 2.45) is 0 Å². The summed E-state index contributed by atoms with van der Waals surface area (Å²) < 4.78 is 13.1. The van der Waals surface area contributed by atoms with Crippen molar-refractivity contribution in [3.63, 3.8) is 0 Å². The second kappa shape index (κ2) is 9.95. The van der Waals surface area contributed by atoms with Gasteiger partial charge in [-0.25, -0.2) is 0 Å². The highest BCUT2D eigenvalue weighted by Crippen LogP contribution is 2.28. The van der Waals surface area contributed by atoms with Crippen LogP contribution in [-0.4, -0.2) is 24.1 Å². The van der Waals surface area contributed by atoms with Crippen LogP contribution in [0.15, 0.2) is 35.1 Å². The summed E-state index contributed by atoms with van der Waals surface area (Å²) >= 11 is 0. The van der Waals surface area contributed by atoms with Crippen LogP contribution in [0.5, 0.6) is 11.5 Å². The second-order valence-corrected chi connectivity index (χ2v) is 6.76. The summed E-state index contributed by atoms with van der Waals surface area (Å²) in [4.78, 5) is 24.3. The molecule has 5 nitrogen and oxygen atoms in total. The standard InChI is InChI=1S/C22H29NO4/c1-5-6-7-8-11-27-22-14-18(9-10-21(22)26-4)20(25)15-23-16(2)12-19(24)13-17(23)3/h9-10,12-14H,5-8,11,15H2,1-4H3. The molecule has 0 aliphatic heterocycles. The highest BCUT2D eigenvalue weighted by atomic mass is 16.5. The Hall–Kier alpha value is -2.56. The van der Waals surface area contributed by atoms with Gasteiger partial charge in [0.1, 0.15) is 0 Å². The van der Waals surface area contributed by atoms with E-state index in [1.807, 2.05) is 18.4 Å². The number of aryl methyl sites for hydroxylation is 2. The van der Waals surface area contributed by atoms with E-state index in [2.05, 4.69) is 6.92 Å². The SMILES string of the molecule is CCCCCCOc1cc(C(=O)Cn2c(C)cc(=O)cc2C)ccc1OC. The number of benzene rings is 1. The summed E-state index contributed by atoms with van der Waals surface area (Å²) in [6, 6.07) is 8.34. The van der Waals surface area contributed by atoms with Gasteiger partial charge in [0.2, 0.25) is 0 Å². The number of aromatic nitrogens is 1. The maximum absolute atomic E-state index is 12.8. The minimum atomic E-state index is -0.0445. The number of nitrogens with zero attached hydrogens (tertiary/aromatic N) is 1. The molecule has 0 radical (unpaired) electrons. The Morgan fingerprint density at radius 3 is 2.33 bits per heavy atom. The van der Waals surface area contributed by atoms with Gasteiger partial charge in [0.05, 0.1) is 20.3 Å². The first-order valence-electron chi connectivity index (χ1n) is 9.48. The Balaban J connectivity index is 2.14. The third-order valence-electron chi connectivity index (χ3n) is 4.60. The maximum Gasteiger partial charge on any atom is 0.182 e. The van der Waals surface area contributed by atoms with E-state index in [-0.39, 0.29) is 17.8 Å². The predicted octanol–water partition coefficient (Wildman–Crippen LogP) is 4.32. The third kappa shape index (κ3) is 5.71. The summed E-state index contributed by atoms with van der Waals surface area (Å²) in [5.74, 6) is 1.18. The molecule has 0 bridgehead atoms. The average molecular weight is 371 g/mol. The lowest BCUT2D eigenvalue weighted by Crippen LogP contribution is -2.18. The molecule has 0 aliphatic carbocycles. The fraction of sp³-hybridized carbons (Fsp3) is 0.455. The summed E-state index contributed by atoms with van der Waals surface area (Å²) in [7, 11) is 1.59. The summed E-state index contributed by atoms with van der Waals surface area (Å²) in [6.07, 6.45) is 4.47. The molecule has 5 heteroatoms. The lowest BCUT2D eigenvalue weighted by Gasteiger charge is -2.15. The van der Waals surface area contributed by atoms with Crippen LogP contribution < -0.4 is 14.9 Å². The van der Waals surface area contributed by atoms with Gasteiger partial charge in [-0.1, -0.05) is 26.2 Å². The van der Waals surface area contributed by atoms with Gasteiger partial charge in [0.15, 0.2) is 22.7 Å². The monoisotopic (exact) mass is 371 g/mol. The zero-order valence-corrected chi connectivity index (χ0v) is 16.7. The average Bonchev–Trinajstić information content (AvgIpc) is 2.64. The van der Waals surface area contributed by atoms with Crippen molar-refractivity contribution < 1.29 is 14.3 Å². The number of ether oxygens (including phenoxy) is 2. The van der Waals surface area contributed by atoms with Crippen LogP contribution in [0.3, 0.4) is 0 Å². The Kier molecular flexibility index (Phi) is 7.65. The first-order valence-corrected chi connectivity index (χ1v) is 9.48. The molecule has 0 unspecified atom stereocenters. The number of methoxy groups -OCH3 is 1. The number of Topliss-reactive ketones (excluding diaryl/α,β-unsaturated/α-hetero) is 1. The van der Waals surface area contributed by atoms with E-state index >= 15 is 0 Å². The molecule has 0 amide bonds. The van der Waals surface area contributed by atoms with Crippen molar-refractivity contribution in [2.75, 3.05) is 13.7 Å². The van der Waals surface area contributed by atoms with Crippen molar-refractivity contribution in [3.05, 3.63) is 57.5 Å². The molecule has 146 valence electrons. The van der Waals surface area contributed by atoms with Crippen LogP contribution in [0.25, 0.3) is 0 Å². The van der Waals surface area contributed by atoms with Crippen molar-refractivity contribution in [1.29, 1.82) is 0 Å². The molecule has 1 aromatic heterocycles. The quantitative estimate of drug-likeness (QED) is 0.461. The molecule has 27 heavy (non-hydrogen) atoms. The Morgan fingerprint density at radius 2 is 1.70 bits per heavy atom. The fourth-order valence-electron chi connectivity index (χ4n) is 3.05. The number of unbranched alkanes of at least 4 members (excludes halogenated alkanes) is 3. The van der Waals surface area contributed by atoms with Gasteiger partial charge in [0, 0.05) is 29.1 Å². The molecule has 0 saturated heterocycles. The molecule has 1 aromatic carbocycles. The molecular weight excluding hydrogens is 342 g/mol. The molecule has 0 fully saturated rings. The molecule has 2 rings (SSSR count). The molecule has 2 aromatic rings. The summed E-state index contributed by atoms with van der Waals surface area (Å²) in [5, 5.41) is 0. The van der Waals surface area contributed by atoms with E-state index in [9.17, 15) is 9.59 Å². The summed E-state index contributed by atoms with van der Waals surface area (Å²) in [5.41, 5.74) is 2.07. The Morgan fingerprint density at radius 1 is 1.00 bits per heavy atom. The molecule has 1 heterocycles. The van der Waals surface area contributed by atoms with Crippen LogP contribution in [0.2, 0.25) is 0 Å². The first kappa shape index (κ1) is 20.7. The number of hydrogen-bond donors (Lipinski definition) is 0. The van der Waals surface area contributed by atoms with Crippen LogP contribution in [0.4, 0.5) is 0 Å². The lowest BCUT2D eigenvalue weighted by molar-refractivity contribution is 0.0969. The molecular formula is C22H29NO4. The minimum Gasteiger partial charge on any atom is -0.493 e. The molecule has 0 saturated carbocycles. The Labute approximate surface area is 160 Å². The highest BCUT2D eigenvalue weighted by molar-refractivity contribution is 5.96. The second-order valence-electron chi connectivity index (χ2n) is 6.76. The first-order chi connectivity index (χ1) is 13.0. The van der Waals surface area contributed by atoms with E-state index in [1.54, 1.807) is 37.4 Å². The van der Waals surface area contributed by atoms with Crippen LogP contribution in [0, 0.1) is 13.8 Å². The normalized spacial score (nSPS) is 10.7. The van der Waals surface area contributed by atoms with E-state index in [0.717, 1.165) is 24.2 Å². The van der Waals surface area contributed by atoms with Gasteiger partial charge in [-0.15, -0.1) is 0 Å². The maximum atomic E-state index is 12.8. The van der Waals surface area contributed by atoms with E-state index in [0.29, 0.717) is 23.7 Å². The van der Waals surface area contributed by atoms with Crippen molar-refractivity contribution >= 4 is 5.78 Å². The molecule has 0 atom stereocenters. The third-order valence-corrected chi connectivity index (χ3v) is 4.60. The van der Waals surface area contributed by atoms with Crippen LogP contribution in [0.1, 0.15) is 54.4 Å². The van der Waals surface area contributed by atoms with Gasteiger partial charge in [0.25, 0.3) is 0 Å². The molecule has 0 N–H and O–H groups in total. The number of carbonyl (C=O) groups is 1. The van der Waals surface area contributed by atoms with Crippen molar-refractivity contribution in [2.45, 2.75) is 53.0 Å². The van der Waals surface area contributed by atoms with Gasteiger partial charge < -0.3 is 14.0 Å². The van der Waals surface area contributed by atoms with Crippen molar-refractivity contribution in [3.8, 4) is 11.5 Å². The zero-order valence-electron chi connectivity index (χ0n) is 16.7. The topological polar surface area (TPSA) is 57.5 Å². The fourth-order valence-corrected chi connectivity index (χ4v) is 3.05. The van der Waals surface area contributed by atoms with Crippen LogP contribution >= 0.6 is 0 Å². The number of hydrogen-bond acceptors (Lipinski definition) is 4. The number of rotatable bonds is 10. The largest absolute Gasteiger partial charge is 0.493 e. The van der Waals surface area contributed by atoms with E-state index in [1.165, 1.54) is 12.8 Å². The highest BCUT2D eigenvalue weighted by Gasteiger charge is 2.13.